The number of nitrogens with zero attached hydrogens (tertiary/aromatic N) is 3. The maximum absolute atomic E-state index is 14.2. The summed E-state index contributed by atoms with van der Waals surface area (Å²) < 4.78 is 19.9. The van der Waals surface area contributed by atoms with Gasteiger partial charge >= 0.3 is 0 Å². The molecule has 6 heteroatoms. The number of carbonyl (C=O) groups is 1. The van der Waals surface area contributed by atoms with Crippen LogP contribution < -0.4 is 4.90 Å². The first kappa shape index (κ1) is 17.4. The molecule has 2 aromatic carbocycles. The van der Waals surface area contributed by atoms with Crippen LogP contribution >= 0.6 is 0 Å². The first-order valence-electron chi connectivity index (χ1n) is 9.09. The summed E-state index contributed by atoms with van der Waals surface area (Å²) in [5.74, 6) is 0.368. The van der Waals surface area contributed by atoms with E-state index in [4.69, 9.17) is 4.42 Å². The van der Waals surface area contributed by atoms with Crippen molar-refractivity contribution in [3.05, 3.63) is 65.3 Å². The molecule has 1 aromatic heterocycles. The molecule has 0 saturated heterocycles. The lowest BCUT2D eigenvalue weighted by molar-refractivity contribution is -0.118. The van der Waals surface area contributed by atoms with Crippen LogP contribution in [0.2, 0.25) is 0 Å². The second kappa shape index (κ2) is 7.31. The molecule has 0 unspecified atom stereocenters. The molecule has 1 aliphatic rings. The van der Waals surface area contributed by atoms with Crippen molar-refractivity contribution in [3.63, 3.8) is 0 Å². The van der Waals surface area contributed by atoms with Crippen molar-refractivity contribution in [1.82, 2.24) is 10.2 Å². The zero-order chi connectivity index (χ0) is 18.8. The van der Waals surface area contributed by atoms with Crippen LogP contribution in [-0.2, 0) is 17.6 Å². The monoisotopic (exact) mass is 365 g/mol. The molecule has 3 aromatic rings. The van der Waals surface area contributed by atoms with Crippen molar-refractivity contribution in [2.75, 3.05) is 11.4 Å². The Labute approximate surface area is 156 Å². The third-order valence-electron chi connectivity index (χ3n) is 4.79. The number of fused-ring (bicyclic) bond motifs is 1. The Morgan fingerprint density at radius 2 is 2.00 bits per heavy atom. The largest absolute Gasteiger partial charge is 0.421 e. The van der Waals surface area contributed by atoms with Crippen molar-refractivity contribution < 1.29 is 13.6 Å². The molecular weight excluding hydrogens is 345 g/mol. The lowest BCUT2D eigenvalue weighted by atomic mass is 10.0. The average molecular weight is 365 g/mol. The van der Waals surface area contributed by atoms with E-state index in [2.05, 4.69) is 10.2 Å². The van der Waals surface area contributed by atoms with Gasteiger partial charge in [-0.05, 0) is 43.5 Å². The summed E-state index contributed by atoms with van der Waals surface area (Å²) in [5, 5.41) is 8.09. The topological polar surface area (TPSA) is 59.2 Å². The number of halogens is 1. The van der Waals surface area contributed by atoms with Gasteiger partial charge in [0.05, 0.1) is 5.69 Å². The Kier molecular flexibility index (Phi) is 4.71. The minimum absolute atomic E-state index is 0.129. The number of aryl methyl sites for hydroxylation is 3. The first-order chi connectivity index (χ1) is 13.1. The molecule has 1 aliphatic heterocycles. The molecule has 0 bridgehead atoms. The molecular formula is C21H20FN3O2. The molecule has 0 N–H and O–H groups in total. The van der Waals surface area contributed by atoms with Crippen LogP contribution in [0, 0.1) is 12.7 Å². The molecule has 138 valence electrons. The van der Waals surface area contributed by atoms with Crippen molar-refractivity contribution in [1.29, 1.82) is 0 Å². The van der Waals surface area contributed by atoms with E-state index in [1.54, 1.807) is 11.0 Å². The van der Waals surface area contributed by atoms with E-state index >= 15 is 0 Å². The van der Waals surface area contributed by atoms with Crippen molar-refractivity contribution in [3.8, 4) is 11.5 Å². The van der Waals surface area contributed by atoms with E-state index < -0.39 is 0 Å². The fourth-order valence-electron chi connectivity index (χ4n) is 3.37. The van der Waals surface area contributed by atoms with Gasteiger partial charge < -0.3 is 9.32 Å². The summed E-state index contributed by atoms with van der Waals surface area (Å²) in [7, 11) is 0. The molecule has 0 aliphatic carbocycles. The number of amides is 1. The fourth-order valence-corrected chi connectivity index (χ4v) is 3.37. The van der Waals surface area contributed by atoms with Gasteiger partial charge in [-0.3, -0.25) is 4.79 Å². The highest BCUT2D eigenvalue weighted by Gasteiger charge is 2.25. The zero-order valence-corrected chi connectivity index (χ0v) is 15.1. The Balaban J connectivity index is 1.44. The number of hydrogen-bond donors (Lipinski definition) is 0. The van der Waals surface area contributed by atoms with E-state index in [0.29, 0.717) is 30.4 Å². The average Bonchev–Trinajstić information content (AvgIpc) is 3.15. The minimum atomic E-state index is -0.347. The molecule has 0 radical (unpaired) electrons. The lowest BCUT2D eigenvalue weighted by Crippen LogP contribution is -2.36. The third-order valence-corrected chi connectivity index (χ3v) is 4.79. The molecule has 0 atom stereocenters. The molecule has 2 heterocycles. The Bertz CT molecular complexity index is 966. The van der Waals surface area contributed by atoms with Crippen LogP contribution in [0.15, 0.2) is 46.9 Å². The van der Waals surface area contributed by atoms with Gasteiger partial charge in [0, 0.05) is 24.9 Å². The van der Waals surface area contributed by atoms with Crippen molar-refractivity contribution >= 4 is 11.6 Å². The van der Waals surface area contributed by atoms with E-state index in [0.717, 1.165) is 29.5 Å². The van der Waals surface area contributed by atoms with Gasteiger partial charge in [-0.1, -0.05) is 29.8 Å². The van der Waals surface area contributed by atoms with E-state index in [1.165, 1.54) is 6.07 Å². The van der Waals surface area contributed by atoms with Crippen LogP contribution in [0.4, 0.5) is 10.1 Å². The van der Waals surface area contributed by atoms with Gasteiger partial charge in [0.2, 0.25) is 17.7 Å². The van der Waals surface area contributed by atoms with Crippen LogP contribution in [0.3, 0.4) is 0 Å². The molecule has 0 saturated carbocycles. The van der Waals surface area contributed by atoms with E-state index in [9.17, 15) is 9.18 Å². The van der Waals surface area contributed by atoms with Gasteiger partial charge in [0.1, 0.15) is 5.82 Å². The second-order valence-electron chi connectivity index (χ2n) is 6.76. The number of para-hydroxylation sites is 1. The molecule has 4 rings (SSSR count). The van der Waals surface area contributed by atoms with Crippen LogP contribution in [0.25, 0.3) is 11.5 Å². The number of anilines is 1. The lowest BCUT2D eigenvalue weighted by Gasteiger charge is -2.29. The van der Waals surface area contributed by atoms with E-state index in [1.807, 2.05) is 37.3 Å². The van der Waals surface area contributed by atoms with Crippen molar-refractivity contribution in [2.24, 2.45) is 0 Å². The summed E-state index contributed by atoms with van der Waals surface area (Å²) >= 11 is 0. The quantitative estimate of drug-likeness (QED) is 0.698. The third kappa shape index (κ3) is 3.60. The standard InChI is InChI=1S/C21H20FN3O2/c1-14-7-9-16(10-8-14)21-24-23-18(27-21)11-12-19(26)25-13-3-5-15-4-2-6-17(22)20(15)25/h2,4,6-10H,3,5,11-13H2,1H3. The smallest absolute Gasteiger partial charge is 0.247 e. The fraction of sp³-hybridized carbons (Fsp3) is 0.286. The Morgan fingerprint density at radius 1 is 1.19 bits per heavy atom. The minimum Gasteiger partial charge on any atom is -0.421 e. The molecule has 5 nitrogen and oxygen atoms in total. The van der Waals surface area contributed by atoms with Gasteiger partial charge in [-0.2, -0.15) is 0 Å². The number of benzene rings is 2. The Morgan fingerprint density at radius 3 is 2.81 bits per heavy atom. The van der Waals surface area contributed by atoms with Crippen LogP contribution in [-0.4, -0.2) is 22.6 Å². The number of hydrogen-bond acceptors (Lipinski definition) is 4. The maximum atomic E-state index is 14.2. The van der Waals surface area contributed by atoms with Gasteiger partial charge in [-0.25, -0.2) is 4.39 Å². The van der Waals surface area contributed by atoms with Gasteiger partial charge in [0.25, 0.3) is 0 Å². The summed E-state index contributed by atoms with van der Waals surface area (Å²) in [6.07, 6.45) is 2.15. The normalized spacial score (nSPS) is 13.5. The highest BCUT2D eigenvalue weighted by molar-refractivity contribution is 5.94. The van der Waals surface area contributed by atoms with Crippen molar-refractivity contribution in [2.45, 2.75) is 32.6 Å². The molecule has 0 spiro atoms. The first-order valence-corrected chi connectivity index (χ1v) is 9.09. The predicted molar refractivity (Wildman–Crippen MR) is 99.9 cm³/mol. The summed E-state index contributed by atoms with van der Waals surface area (Å²) in [4.78, 5) is 14.2. The molecule has 27 heavy (non-hydrogen) atoms. The molecule has 1 amide bonds. The maximum Gasteiger partial charge on any atom is 0.247 e. The van der Waals surface area contributed by atoms with E-state index in [-0.39, 0.29) is 18.1 Å². The second-order valence-corrected chi connectivity index (χ2v) is 6.76. The number of aromatic nitrogens is 2. The number of carbonyl (C=O) groups excluding carboxylic acids is 1. The van der Waals surface area contributed by atoms with Crippen LogP contribution in [0.1, 0.15) is 29.9 Å². The summed E-state index contributed by atoms with van der Waals surface area (Å²) in [6, 6.07) is 12.8. The highest BCUT2D eigenvalue weighted by atomic mass is 19.1. The molecule has 0 fully saturated rings. The van der Waals surface area contributed by atoms with Crippen LogP contribution in [0.5, 0.6) is 0 Å². The van der Waals surface area contributed by atoms with Gasteiger partial charge in [-0.15, -0.1) is 10.2 Å². The highest BCUT2D eigenvalue weighted by Crippen LogP contribution is 2.30. The number of rotatable bonds is 4. The summed E-state index contributed by atoms with van der Waals surface area (Å²) in [6.45, 7) is 2.54. The Hall–Kier alpha value is -3.02. The SMILES string of the molecule is Cc1ccc(-c2nnc(CCC(=O)N3CCCc4cccc(F)c43)o2)cc1. The van der Waals surface area contributed by atoms with Gasteiger partial charge in [0.15, 0.2) is 0 Å². The zero-order valence-electron chi connectivity index (χ0n) is 15.1. The summed E-state index contributed by atoms with van der Waals surface area (Å²) in [5.41, 5.74) is 3.30. The predicted octanol–water partition coefficient (Wildman–Crippen LogP) is 4.10.